The van der Waals surface area contributed by atoms with Crippen LogP contribution >= 0.6 is 0 Å². The van der Waals surface area contributed by atoms with Crippen LogP contribution < -0.4 is 5.32 Å². The van der Waals surface area contributed by atoms with Gasteiger partial charge in [-0.05, 0) is 45.0 Å². The topological polar surface area (TPSA) is 69.7 Å². The molecule has 1 atom stereocenters. The molecule has 0 spiro atoms. The van der Waals surface area contributed by atoms with E-state index in [4.69, 9.17) is 0 Å². The van der Waals surface area contributed by atoms with Crippen LogP contribution in [0.25, 0.3) is 0 Å². The summed E-state index contributed by atoms with van der Waals surface area (Å²) in [5.74, 6) is 0.0851. The van der Waals surface area contributed by atoms with Gasteiger partial charge in [0.2, 0.25) is 0 Å². The molecule has 1 aromatic rings. The molecule has 7 heteroatoms. The molecule has 2 amide bonds. The smallest absolute Gasteiger partial charge is 0.317 e. The van der Waals surface area contributed by atoms with Gasteiger partial charge in [0.05, 0.1) is 10.6 Å². The van der Waals surface area contributed by atoms with E-state index in [1.165, 1.54) is 0 Å². The number of piperidine rings is 1. The van der Waals surface area contributed by atoms with Gasteiger partial charge in [-0.25, -0.2) is 13.2 Å². The minimum atomic E-state index is -3.30. The lowest BCUT2D eigenvalue weighted by Gasteiger charge is -2.32. The first-order valence-corrected chi connectivity index (χ1v) is 9.99. The molecule has 1 aliphatic rings. The fraction of sp³-hybridized carbons (Fsp3) is 0.588. The van der Waals surface area contributed by atoms with E-state index < -0.39 is 9.84 Å². The summed E-state index contributed by atoms with van der Waals surface area (Å²) in [5.41, 5.74) is 0. The zero-order valence-corrected chi connectivity index (χ0v) is 15.3. The first-order chi connectivity index (χ1) is 11.4. The van der Waals surface area contributed by atoms with Crippen LogP contribution in [-0.2, 0) is 9.84 Å². The lowest BCUT2D eigenvalue weighted by molar-refractivity contribution is 0.169. The number of hydrogen-bond acceptors (Lipinski definition) is 4. The van der Waals surface area contributed by atoms with Crippen LogP contribution in [0.1, 0.15) is 12.8 Å². The van der Waals surface area contributed by atoms with Crippen molar-refractivity contribution >= 4 is 15.9 Å². The van der Waals surface area contributed by atoms with Gasteiger partial charge in [0.25, 0.3) is 0 Å². The van der Waals surface area contributed by atoms with E-state index in [9.17, 15) is 13.2 Å². The average molecular weight is 353 g/mol. The fourth-order valence-corrected chi connectivity index (χ4v) is 4.58. The first-order valence-electron chi connectivity index (χ1n) is 8.34. The molecule has 1 aromatic carbocycles. The molecule has 1 fully saturated rings. The summed E-state index contributed by atoms with van der Waals surface area (Å²) >= 11 is 0. The highest BCUT2D eigenvalue weighted by Crippen LogP contribution is 2.21. The third kappa shape index (κ3) is 5.49. The van der Waals surface area contributed by atoms with Gasteiger partial charge in [-0.1, -0.05) is 18.2 Å². The SMILES string of the molecule is CN(C)CCNC(=O)N1CCCC(CS(=O)(=O)c2ccccc2)C1. The Hall–Kier alpha value is -1.60. The highest BCUT2D eigenvalue weighted by atomic mass is 32.2. The second-order valence-corrected chi connectivity index (χ2v) is 8.62. The summed E-state index contributed by atoms with van der Waals surface area (Å²) in [6.45, 7) is 2.57. The second-order valence-electron chi connectivity index (χ2n) is 6.58. The van der Waals surface area contributed by atoms with Gasteiger partial charge in [-0.15, -0.1) is 0 Å². The van der Waals surface area contributed by atoms with Crippen LogP contribution in [0, 0.1) is 5.92 Å². The van der Waals surface area contributed by atoms with Gasteiger partial charge < -0.3 is 15.1 Å². The van der Waals surface area contributed by atoms with Gasteiger partial charge in [0, 0.05) is 26.2 Å². The minimum absolute atomic E-state index is 0.0106. The summed E-state index contributed by atoms with van der Waals surface area (Å²) in [6, 6.07) is 8.43. The summed E-state index contributed by atoms with van der Waals surface area (Å²) in [6.07, 6.45) is 1.68. The Morgan fingerprint density at radius 3 is 2.67 bits per heavy atom. The zero-order chi connectivity index (χ0) is 17.6. The number of nitrogens with zero attached hydrogens (tertiary/aromatic N) is 2. The summed E-state index contributed by atoms with van der Waals surface area (Å²) in [7, 11) is 0.609. The molecule has 1 saturated heterocycles. The Kier molecular flexibility index (Phi) is 6.62. The molecule has 1 N–H and O–H groups in total. The van der Waals surface area contributed by atoms with Crippen molar-refractivity contribution in [1.82, 2.24) is 15.1 Å². The number of urea groups is 1. The third-order valence-corrected chi connectivity index (χ3v) is 6.10. The van der Waals surface area contributed by atoms with E-state index in [1.54, 1.807) is 35.2 Å². The molecule has 0 aromatic heterocycles. The van der Waals surface area contributed by atoms with E-state index in [1.807, 2.05) is 19.0 Å². The summed E-state index contributed by atoms with van der Waals surface area (Å²) in [4.78, 5) is 16.3. The van der Waals surface area contributed by atoms with Crippen LogP contribution in [0.2, 0.25) is 0 Å². The first kappa shape index (κ1) is 18.7. The number of benzene rings is 1. The number of sulfone groups is 1. The maximum atomic E-state index is 12.5. The molecule has 1 aliphatic heterocycles. The molecule has 0 radical (unpaired) electrons. The predicted octanol–water partition coefficient (Wildman–Crippen LogP) is 1.44. The summed E-state index contributed by atoms with van der Waals surface area (Å²) < 4.78 is 25.0. The molecular weight excluding hydrogens is 326 g/mol. The van der Waals surface area contributed by atoms with Crippen molar-refractivity contribution in [3.8, 4) is 0 Å². The zero-order valence-electron chi connectivity index (χ0n) is 14.4. The Morgan fingerprint density at radius 1 is 1.29 bits per heavy atom. The van der Waals surface area contributed by atoms with E-state index in [0.717, 1.165) is 19.4 Å². The highest BCUT2D eigenvalue weighted by Gasteiger charge is 2.28. The molecule has 0 aliphatic carbocycles. The van der Waals surface area contributed by atoms with Crippen molar-refractivity contribution in [3.63, 3.8) is 0 Å². The van der Waals surface area contributed by atoms with Crippen LogP contribution in [0.5, 0.6) is 0 Å². The van der Waals surface area contributed by atoms with E-state index in [0.29, 0.717) is 24.5 Å². The van der Waals surface area contributed by atoms with E-state index in [2.05, 4.69) is 5.32 Å². The maximum Gasteiger partial charge on any atom is 0.317 e. The number of amides is 2. The van der Waals surface area contributed by atoms with Crippen molar-refractivity contribution in [2.24, 2.45) is 5.92 Å². The molecule has 0 bridgehead atoms. The van der Waals surface area contributed by atoms with Crippen LogP contribution in [0.3, 0.4) is 0 Å². The molecule has 24 heavy (non-hydrogen) atoms. The van der Waals surface area contributed by atoms with Crippen LogP contribution in [0.4, 0.5) is 4.79 Å². The Morgan fingerprint density at radius 2 is 2.00 bits per heavy atom. The van der Waals surface area contributed by atoms with Crippen molar-refractivity contribution in [2.45, 2.75) is 17.7 Å². The monoisotopic (exact) mass is 353 g/mol. The minimum Gasteiger partial charge on any atom is -0.337 e. The Balaban J connectivity index is 1.90. The lowest BCUT2D eigenvalue weighted by atomic mass is 10.0. The van der Waals surface area contributed by atoms with Crippen molar-refractivity contribution < 1.29 is 13.2 Å². The largest absolute Gasteiger partial charge is 0.337 e. The normalized spacial score (nSPS) is 18.6. The molecule has 2 rings (SSSR count). The maximum absolute atomic E-state index is 12.5. The van der Waals surface area contributed by atoms with E-state index >= 15 is 0 Å². The van der Waals surface area contributed by atoms with Crippen molar-refractivity contribution in [2.75, 3.05) is 46.0 Å². The van der Waals surface area contributed by atoms with Crippen LogP contribution in [-0.4, -0.2) is 70.3 Å². The van der Waals surface area contributed by atoms with Crippen molar-refractivity contribution in [1.29, 1.82) is 0 Å². The van der Waals surface area contributed by atoms with Gasteiger partial charge in [0.15, 0.2) is 9.84 Å². The number of likely N-dealkylation sites (tertiary alicyclic amines) is 1. The predicted molar refractivity (Wildman–Crippen MR) is 94.7 cm³/mol. The molecular formula is C17H27N3O3S. The van der Waals surface area contributed by atoms with Crippen molar-refractivity contribution in [3.05, 3.63) is 30.3 Å². The third-order valence-electron chi connectivity index (χ3n) is 4.20. The van der Waals surface area contributed by atoms with Crippen LogP contribution in [0.15, 0.2) is 35.2 Å². The Labute approximate surface area is 144 Å². The Bertz CT molecular complexity index is 632. The standard InChI is InChI=1S/C17H27N3O3S/c1-19(2)12-10-18-17(21)20-11-6-7-15(13-20)14-24(22,23)16-8-4-3-5-9-16/h3-5,8-9,15H,6-7,10-14H2,1-2H3,(H,18,21). The number of carbonyl (C=O) groups excluding carboxylic acids is 1. The highest BCUT2D eigenvalue weighted by molar-refractivity contribution is 7.91. The number of hydrogen-bond donors (Lipinski definition) is 1. The molecule has 1 unspecified atom stereocenters. The number of rotatable bonds is 6. The molecule has 0 saturated carbocycles. The van der Waals surface area contributed by atoms with Gasteiger partial charge in [0.1, 0.15) is 0 Å². The van der Waals surface area contributed by atoms with Gasteiger partial charge >= 0.3 is 6.03 Å². The number of likely N-dealkylation sites (N-methyl/N-ethyl adjacent to an activating group) is 1. The number of nitrogens with one attached hydrogen (secondary N) is 1. The lowest BCUT2D eigenvalue weighted by Crippen LogP contribution is -2.47. The fourth-order valence-electron chi connectivity index (χ4n) is 2.92. The van der Waals surface area contributed by atoms with Gasteiger partial charge in [-0.3, -0.25) is 0 Å². The summed E-state index contributed by atoms with van der Waals surface area (Å²) in [5, 5.41) is 2.89. The second kappa shape index (κ2) is 8.48. The number of carbonyl (C=O) groups is 1. The molecule has 1 heterocycles. The van der Waals surface area contributed by atoms with Gasteiger partial charge in [-0.2, -0.15) is 0 Å². The quantitative estimate of drug-likeness (QED) is 0.840. The molecule has 134 valence electrons. The van der Waals surface area contributed by atoms with E-state index in [-0.39, 0.29) is 17.7 Å². The average Bonchev–Trinajstić information content (AvgIpc) is 2.55. The molecule has 6 nitrogen and oxygen atoms in total.